The molecule has 7 heteroatoms. The fraction of sp³-hybridized carbons (Fsp3) is 0.0909. The summed E-state index contributed by atoms with van der Waals surface area (Å²) in [7, 11) is 0. The Hall–Kier alpha value is -2.47. The van der Waals surface area contributed by atoms with Crippen LogP contribution in [0.1, 0.15) is 16.9 Å². The zero-order valence-electron chi connectivity index (χ0n) is 15.3. The minimum Gasteiger partial charge on any atom is -0.457 e. The summed E-state index contributed by atoms with van der Waals surface area (Å²) in [5.41, 5.74) is 2.70. The number of amides is 2. The molecule has 1 saturated heterocycles. The Balaban J connectivity index is 1.56. The molecule has 1 aromatic heterocycles. The van der Waals surface area contributed by atoms with Crippen LogP contribution in [0.15, 0.2) is 63.9 Å². The van der Waals surface area contributed by atoms with Crippen molar-refractivity contribution in [3.63, 3.8) is 0 Å². The lowest BCUT2D eigenvalue weighted by molar-refractivity contribution is -0.123. The topological polar surface area (TPSA) is 50.5 Å². The second-order valence-electron chi connectivity index (χ2n) is 6.56. The van der Waals surface area contributed by atoms with Crippen molar-refractivity contribution < 1.29 is 14.0 Å². The van der Waals surface area contributed by atoms with Crippen molar-refractivity contribution in [3.8, 4) is 11.3 Å². The maximum Gasteiger partial charge on any atom is 0.293 e. The van der Waals surface area contributed by atoms with Gasteiger partial charge in [-0.3, -0.25) is 14.5 Å². The third kappa shape index (κ3) is 4.27. The molecule has 2 aromatic carbocycles. The number of furan rings is 1. The van der Waals surface area contributed by atoms with Gasteiger partial charge in [-0.2, -0.15) is 0 Å². The molecule has 0 unspecified atom stereocenters. The molecular formula is C22H15Cl2NO3S. The minimum absolute atomic E-state index is 0.174. The summed E-state index contributed by atoms with van der Waals surface area (Å²) in [5.74, 6) is 0.791. The Morgan fingerprint density at radius 1 is 1.03 bits per heavy atom. The number of halogens is 2. The molecule has 1 aliphatic heterocycles. The van der Waals surface area contributed by atoms with E-state index < -0.39 is 0 Å². The number of thioether (sulfide) groups is 1. The maximum atomic E-state index is 12.7. The molecule has 2 amide bonds. The molecule has 0 bridgehead atoms. The fourth-order valence-corrected chi connectivity index (χ4v) is 4.22. The van der Waals surface area contributed by atoms with Crippen molar-refractivity contribution >= 4 is 52.2 Å². The third-order valence-corrected chi connectivity index (χ3v) is 5.85. The highest BCUT2D eigenvalue weighted by Crippen LogP contribution is 2.35. The lowest BCUT2D eigenvalue weighted by Gasteiger charge is -2.12. The van der Waals surface area contributed by atoms with Crippen molar-refractivity contribution in [1.82, 2.24) is 4.90 Å². The van der Waals surface area contributed by atoms with E-state index in [1.54, 1.807) is 30.3 Å². The Bertz CT molecular complexity index is 1150. The average Bonchev–Trinajstić information content (AvgIpc) is 3.24. The summed E-state index contributed by atoms with van der Waals surface area (Å²) in [4.78, 5) is 26.6. The second-order valence-corrected chi connectivity index (χ2v) is 8.43. The van der Waals surface area contributed by atoms with E-state index in [0.29, 0.717) is 26.5 Å². The Kier molecular flexibility index (Phi) is 5.54. The van der Waals surface area contributed by atoms with E-state index in [2.05, 4.69) is 0 Å². The van der Waals surface area contributed by atoms with Crippen LogP contribution >= 0.6 is 35.0 Å². The standard InChI is InChI=1S/C22H15Cl2NO3S/c1-13-5-6-16(24)10-18(13)19-8-7-17(28-19)11-20-21(26)25(22(27)29-20)12-14-3-2-4-15(23)9-14/h2-11H,12H2,1H3/b20-11-. The van der Waals surface area contributed by atoms with Gasteiger partial charge in [0, 0.05) is 21.7 Å². The van der Waals surface area contributed by atoms with Crippen LogP contribution in [0, 0.1) is 6.92 Å². The van der Waals surface area contributed by atoms with Crippen LogP contribution < -0.4 is 0 Å². The van der Waals surface area contributed by atoms with E-state index in [4.69, 9.17) is 27.6 Å². The maximum absolute atomic E-state index is 12.7. The molecule has 2 heterocycles. The highest BCUT2D eigenvalue weighted by atomic mass is 35.5. The molecule has 0 radical (unpaired) electrons. The quantitative estimate of drug-likeness (QED) is 0.416. The van der Waals surface area contributed by atoms with Gasteiger partial charge in [0.15, 0.2) is 0 Å². The van der Waals surface area contributed by atoms with Gasteiger partial charge in [0.1, 0.15) is 11.5 Å². The summed E-state index contributed by atoms with van der Waals surface area (Å²) in [6, 6.07) is 16.2. The van der Waals surface area contributed by atoms with Crippen molar-refractivity contribution in [1.29, 1.82) is 0 Å². The molecule has 0 N–H and O–H groups in total. The number of hydrogen-bond donors (Lipinski definition) is 0. The second kappa shape index (κ2) is 8.11. The summed E-state index contributed by atoms with van der Waals surface area (Å²) in [6.45, 7) is 2.14. The first-order chi connectivity index (χ1) is 13.9. The van der Waals surface area contributed by atoms with Crippen molar-refractivity contribution in [2.45, 2.75) is 13.5 Å². The van der Waals surface area contributed by atoms with Gasteiger partial charge in [0.25, 0.3) is 11.1 Å². The van der Waals surface area contributed by atoms with E-state index in [1.807, 2.05) is 37.3 Å². The van der Waals surface area contributed by atoms with Gasteiger partial charge in [0.2, 0.25) is 0 Å². The molecule has 4 rings (SSSR count). The number of rotatable bonds is 4. The van der Waals surface area contributed by atoms with E-state index in [9.17, 15) is 9.59 Å². The van der Waals surface area contributed by atoms with Gasteiger partial charge in [0.05, 0.1) is 11.4 Å². The van der Waals surface area contributed by atoms with Crippen molar-refractivity contribution in [2.75, 3.05) is 0 Å². The van der Waals surface area contributed by atoms with Crippen molar-refractivity contribution in [3.05, 3.63) is 86.4 Å². The lowest BCUT2D eigenvalue weighted by atomic mass is 10.1. The number of carbonyl (C=O) groups is 2. The Morgan fingerprint density at radius 3 is 2.62 bits per heavy atom. The van der Waals surface area contributed by atoms with E-state index >= 15 is 0 Å². The normalized spacial score (nSPS) is 15.6. The lowest BCUT2D eigenvalue weighted by Crippen LogP contribution is -2.27. The number of imide groups is 1. The molecule has 3 aromatic rings. The van der Waals surface area contributed by atoms with Gasteiger partial charge < -0.3 is 4.42 Å². The fourth-order valence-electron chi connectivity index (χ4n) is 3.02. The Labute approximate surface area is 182 Å². The molecular weight excluding hydrogens is 429 g/mol. The molecule has 0 saturated carbocycles. The van der Waals surface area contributed by atoms with Gasteiger partial charge in [-0.05, 0) is 66.2 Å². The van der Waals surface area contributed by atoms with Crippen LogP contribution in [0.3, 0.4) is 0 Å². The van der Waals surface area contributed by atoms with Crippen LogP contribution in [-0.2, 0) is 11.3 Å². The van der Waals surface area contributed by atoms with E-state index in [-0.39, 0.29) is 17.7 Å². The van der Waals surface area contributed by atoms with Gasteiger partial charge in [-0.25, -0.2) is 0 Å². The molecule has 4 nitrogen and oxygen atoms in total. The average molecular weight is 444 g/mol. The first kappa shape index (κ1) is 19.8. The number of benzene rings is 2. The molecule has 146 valence electrons. The number of nitrogens with zero attached hydrogens (tertiary/aromatic N) is 1. The van der Waals surface area contributed by atoms with Gasteiger partial charge in [-0.15, -0.1) is 0 Å². The summed E-state index contributed by atoms with van der Waals surface area (Å²) in [5, 5.41) is 0.855. The summed E-state index contributed by atoms with van der Waals surface area (Å²) >= 11 is 13.0. The van der Waals surface area contributed by atoms with Crippen LogP contribution in [-0.4, -0.2) is 16.0 Å². The molecule has 0 atom stereocenters. The van der Waals surface area contributed by atoms with Crippen molar-refractivity contribution in [2.24, 2.45) is 0 Å². The number of aryl methyl sites for hydroxylation is 1. The predicted octanol–water partition coefficient (Wildman–Crippen LogP) is 6.80. The predicted molar refractivity (Wildman–Crippen MR) is 117 cm³/mol. The van der Waals surface area contributed by atoms with Gasteiger partial charge in [-0.1, -0.05) is 41.4 Å². The first-order valence-electron chi connectivity index (χ1n) is 8.77. The Morgan fingerprint density at radius 2 is 1.83 bits per heavy atom. The summed E-state index contributed by atoms with van der Waals surface area (Å²) in [6.07, 6.45) is 1.59. The van der Waals surface area contributed by atoms with Crippen LogP contribution in [0.4, 0.5) is 4.79 Å². The zero-order chi connectivity index (χ0) is 20.5. The number of carbonyl (C=O) groups excluding carboxylic acids is 2. The minimum atomic E-state index is -0.350. The van der Waals surface area contributed by atoms with Gasteiger partial charge >= 0.3 is 0 Å². The van der Waals surface area contributed by atoms with Crippen LogP contribution in [0.2, 0.25) is 10.0 Å². The summed E-state index contributed by atoms with van der Waals surface area (Å²) < 4.78 is 5.87. The highest BCUT2D eigenvalue weighted by molar-refractivity contribution is 8.18. The largest absolute Gasteiger partial charge is 0.457 e. The highest BCUT2D eigenvalue weighted by Gasteiger charge is 2.35. The van der Waals surface area contributed by atoms with Crippen LogP contribution in [0.25, 0.3) is 17.4 Å². The molecule has 29 heavy (non-hydrogen) atoms. The van der Waals surface area contributed by atoms with E-state index in [0.717, 1.165) is 28.5 Å². The monoisotopic (exact) mass is 443 g/mol. The SMILES string of the molecule is Cc1ccc(Cl)cc1-c1ccc(/C=C2\SC(=O)N(Cc3cccc(Cl)c3)C2=O)o1. The number of hydrogen-bond acceptors (Lipinski definition) is 4. The molecule has 1 fully saturated rings. The molecule has 1 aliphatic rings. The first-order valence-corrected chi connectivity index (χ1v) is 10.3. The zero-order valence-corrected chi connectivity index (χ0v) is 17.6. The van der Waals surface area contributed by atoms with E-state index in [1.165, 1.54) is 4.90 Å². The molecule has 0 aliphatic carbocycles. The molecule has 0 spiro atoms. The third-order valence-electron chi connectivity index (χ3n) is 4.47. The smallest absolute Gasteiger partial charge is 0.293 e. The van der Waals surface area contributed by atoms with Crippen LogP contribution in [0.5, 0.6) is 0 Å².